The molecule has 4 aliphatic heterocycles. The fourth-order valence-corrected chi connectivity index (χ4v) is 6.08. The number of hydrogen-bond donors (Lipinski definition) is 1. The highest BCUT2D eigenvalue weighted by molar-refractivity contribution is 6.30. The number of anilines is 1. The highest BCUT2D eigenvalue weighted by Gasteiger charge is 2.45. The van der Waals surface area contributed by atoms with E-state index in [0.29, 0.717) is 18.0 Å². The van der Waals surface area contributed by atoms with E-state index in [2.05, 4.69) is 25.1 Å². The monoisotopic (exact) mass is 432 g/mol. The van der Waals surface area contributed by atoms with Crippen LogP contribution in [0.25, 0.3) is 10.9 Å². The highest BCUT2D eigenvalue weighted by atomic mass is 35.5. The van der Waals surface area contributed by atoms with Gasteiger partial charge in [0, 0.05) is 25.7 Å². The van der Waals surface area contributed by atoms with Crippen LogP contribution in [0.15, 0.2) is 0 Å². The van der Waals surface area contributed by atoms with E-state index >= 15 is 4.39 Å². The van der Waals surface area contributed by atoms with E-state index in [9.17, 15) is 0 Å². The number of ether oxygens (including phenoxy) is 1. The zero-order chi connectivity index (χ0) is 20.3. The molecule has 3 saturated heterocycles. The number of hydrogen-bond acceptors (Lipinski definition) is 7. The quantitative estimate of drug-likeness (QED) is 0.747. The minimum Gasteiger partial charge on any atom is -0.461 e. The number of nitrogens with one attached hydrogen (secondary N) is 1. The number of nitrogens with zero attached hydrogens (tertiary/aromatic N) is 5. The van der Waals surface area contributed by atoms with Gasteiger partial charge in [0.05, 0.1) is 16.6 Å². The third-order valence-electron chi connectivity index (χ3n) is 7.40. The molecule has 0 bridgehead atoms. The number of halogens is 2. The highest BCUT2D eigenvalue weighted by Crippen LogP contribution is 2.40. The smallest absolute Gasteiger partial charge is 0.319 e. The van der Waals surface area contributed by atoms with Gasteiger partial charge in [0.2, 0.25) is 0 Å². The molecule has 0 amide bonds. The molecule has 1 unspecified atom stereocenters. The number of piperazine rings is 1. The Morgan fingerprint density at radius 1 is 1.17 bits per heavy atom. The first kappa shape index (κ1) is 19.0. The summed E-state index contributed by atoms with van der Waals surface area (Å²) in [5, 5.41) is 4.02. The molecule has 0 spiro atoms. The van der Waals surface area contributed by atoms with Gasteiger partial charge < -0.3 is 15.0 Å². The Kier molecular flexibility index (Phi) is 4.51. The van der Waals surface area contributed by atoms with Crippen LogP contribution >= 0.6 is 11.6 Å². The summed E-state index contributed by atoms with van der Waals surface area (Å²) in [6.07, 6.45) is 6.34. The number of pyridine rings is 1. The molecule has 1 N–H and O–H groups in total. The summed E-state index contributed by atoms with van der Waals surface area (Å²) >= 11 is 6.14. The molecule has 6 heterocycles. The van der Waals surface area contributed by atoms with Gasteiger partial charge >= 0.3 is 6.01 Å². The predicted molar refractivity (Wildman–Crippen MR) is 113 cm³/mol. The van der Waals surface area contributed by atoms with E-state index < -0.39 is 5.82 Å². The van der Waals surface area contributed by atoms with Crippen LogP contribution in [0.1, 0.15) is 37.8 Å². The van der Waals surface area contributed by atoms with E-state index in [1.165, 1.54) is 12.8 Å². The van der Waals surface area contributed by atoms with Crippen molar-refractivity contribution in [3.8, 4) is 6.01 Å². The summed E-state index contributed by atoms with van der Waals surface area (Å²) in [4.78, 5) is 18.5. The van der Waals surface area contributed by atoms with Gasteiger partial charge in [0.25, 0.3) is 0 Å². The topological polar surface area (TPSA) is 66.4 Å². The largest absolute Gasteiger partial charge is 0.461 e. The van der Waals surface area contributed by atoms with E-state index in [4.69, 9.17) is 21.3 Å². The molecule has 30 heavy (non-hydrogen) atoms. The van der Waals surface area contributed by atoms with Gasteiger partial charge in [0.15, 0.2) is 11.0 Å². The average molecular weight is 433 g/mol. The molecule has 1 atom stereocenters. The summed E-state index contributed by atoms with van der Waals surface area (Å²) < 4.78 is 21.2. The first-order chi connectivity index (χ1) is 14.6. The normalized spacial score (nSPS) is 25.3. The number of fused-ring (bicyclic) bond motifs is 3. The summed E-state index contributed by atoms with van der Waals surface area (Å²) in [6, 6.07) is 0.538. The van der Waals surface area contributed by atoms with Crippen molar-refractivity contribution in [2.75, 3.05) is 44.2 Å². The molecule has 0 aliphatic carbocycles. The molecule has 0 radical (unpaired) electrons. The zero-order valence-corrected chi connectivity index (χ0v) is 17.7. The van der Waals surface area contributed by atoms with Crippen LogP contribution in [-0.2, 0) is 6.42 Å². The molecule has 3 fully saturated rings. The Balaban J connectivity index is 1.43. The number of aryl methyl sites for hydroxylation is 1. The van der Waals surface area contributed by atoms with Gasteiger partial charge in [-0.05, 0) is 51.6 Å². The second-order valence-corrected chi connectivity index (χ2v) is 9.37. The molecular formula is C21H26ClFN6O. The van der Waals surface area contributed by atoms with Crippen LogP contribution < -0.4 is 15.0 Å². The maximum absolute atomic E-state index is 15.0. The molecule has 2 aromatic heterocycles. The lowest BCUT2D eigenvalue weighted by Crippen LogP contribution is -2.51. The van der Waals surface area contributed by atoms with Crippen LogP contribution in [0, 0.1) is 5.82 Å². The molecule has 0 saturated carbocycles. The van der Waals surface area contributed by atoms with Crippen molar-refractivity contribution in [2.45, 2.75) is 50.1 Å². The third-order valence-corrected chi connectivity index (χ3v) is 7.65. The van der Waals surface area contributed by atoms with E-state index in [0.717, 1.165) is 69.9 Å². The van der Waals surface area contributed by atoms with Gasteiger partial charge in [0.1, 0.15) is 17.9 Å². The Labute approximate surface area is 180 Å². The molecular weight excluding hydrogens is 407 g/mol. The van der Waals surface area contributed by atoms with Crippen molar-refractivity contribution in [1.29, 1.82) is 0 Å². The molecule has 0 aromatic carbocycles. The lowest BCUT2D eigenvalue weighted by Gasteiger charge is -2.36. The fourth-order valence-electron chi connectivity index (χ4n) is 5.89. The Morgan fingerprint density at radius 3 is 2.83 bits per heavy atom. The van der Waals surface area contributed by atoms with Crippen molar-refractivity contribution in [3.63, 3.8) is 0 Å². The zero-order valence-electron chi connectivity index (χ0n) is 17.0. The summed E-state index contributed by atoms with van der Waals surface area (Å²) in [6.45, 7) is 5.39. The second kappa shape index (κ2) is 7.14. The van der Waals surface area contributed by atoms with Crippen LogP contribution in [0.3, 0.4) is 0 Å². The Bertz CT molecular complexity index is 993. The minimum atomic E-state index is -0.584. The van der Waals surface area contributed by atoms with Gasteiger partial charge in [-0.3, -0.25) is 4.90 Å². The van der Waals surface area contributed by atoms with Gasteiger partial charge in [-0.15, -0.1) is 0 Å². The van der Waals surface area contributed by atoms with E-state index in [1.54, 1.807) is 0 Å². The molecule has 9 heteroatoms. The van der Waals surface area contributed by atoms with Gasteiger partial charge in [-0.25, -0.2) is 9.37 Å². The number of aromatic nitrogens is 3. The first-order valence-corrected chi connectivity index (χ1v) is 11.4. The third kappa shape index (κ3) is 2.87. The van der Waals surface area contributed by atoms with Crippen molar-refractivity contribution in [2.24, 2.45) is 0 Å². The Hall–Kier alpha value is -1.77. The molecule has 7 nitrogen and oxygen atoms in total. The predicted octanol–water partition coefficient (Wildman–Crippen LogP) is 2.55. The van der Waals surface area contributed by atoms with Crippen molar-refractivity contribution in [1.82, 2.24) is 25.2 Å². The maximum Gasteiger partial charge on any atom is 0.319 e. The van der Waals surface area contributed by atoms with Crippen molar-refractivity contribution in [3.05, 3.63) is 16.7 Å². The molecule has 4 aliphatic rings. The van der Waals surface area contributed by atoms with Crippen molar-refractivity contribution < 1.29 is 9.13 Å². The van der Waals surface area contributed by atoms with E-state index in [-0.39, 0.29) is 22.2 Å². The fraction of sp³-hybridized carbons (Fsp3) is 0.667. The standard InChI is InChI=1S/C21H26ClFN6O/c22-18-16(23)17-15-14(25-18)4-3-13-11-24-7-10-29(13)19(15)27-20(26-17)30-12-21-5-1-8-28(21)9-2-6-21/h13,24H,1-12H2. The maximum atomic E-state index is 15.0. The lowest BCUT2D eigenvalue weighted by atomic mass is 9.95. The molecule has 2 aromatic rings. The summed E-state index contributed by atoms with van der Waals surface area (Å²) in [5.41, 5.74) is 1.10. The van der Waals surface area contributed by atoms with Crippen LogP contribution in [0.5, 0.6) is 6.01 Å². The lowest BCUT2D eigenvalue weighted by molar-refractivity contribution is 0.108. The van der Waals surface area contributed by atoms with Crippen LogP contribution in [0.4, 0.5) is 10.2 Å². The second-order valence-electron chi connectivity index (χ2n) is 9.01. The molecule has 6 rings (SSSR count). The minimum absolute atomic E-state index is 0.0869. The summed E-state index contributed by atoms with van der Waals surface area (Å²) in [7, 11) is 0. The van der Waals surface area contributed by atoms with E-state index in [1.807, 2.05) is 0 Å². The Morgan fingerprint density at radius 2 is 2.00 bits per heavy atom. The molecule has 160 valence electrons. The average Bonchev–Trinajstić information content (AvgIpc) is 3.29. The first-order valence-electron chi connectivity index (χ1n) is 11.1. The van der Waals surface area contributed by atoms with Gasteiger partial charge in [-0.2, -0.15) is 9.97 Å². The SMILES string of the molecule is Fc1c(Cl)nc2c3c(nc(OCC45CCCN4CCC5)nc13)N1CCNCC1CC2. The summed E-state index contributed by atoms with van der Waals surface area (Å²) in [5.74, 6) is 0.156. The number of rotatable bonds is 3. The van der Waals surface area contributed by atoms with Crippen LogP contribution in [-0.4, -0.2) is 70.8 Å². The van der Waals surface area contributed by atoms with Crippen LogP contribution in [0.2, 0.25) is 5.15 Å². The van der Waals surface area contributed by atoms with Crippen molar-refractivity contribution >= 4 is 28.3 Å². The van der Waals surface area contributed by atoms with Gasteiger partial charge in [-0.1, -0.05) is 11.6 Å².